The predicted molar refractivity (Wildman–Crippen MR) is 95.9 cm³/mol. The van der Waals surface area contributed by atoms with Crippen LogP contribution in [0.2, 0.25) is 0 Å². The van der Waals surface area contributed by atoms with E-state index < -0.39 is 18.2 Å². The molecule has 2 rings (SSSR count). The normalized spacial score (nSPS) is 11.2. The summed E-state index contributed by atoms with van der Waals surface area (Å²) >= 11 is 0. The van der Waals surface area contributed by atoms with Crippen molar-refractivity contribution in [1.29, 1.82) is 0 Å². The summed E-state index contributed by atoms with van der Waals surface area (Å²) in [7, 11) is 0. The quantitative estimate of drug-likeness (QED) is 0.353. The fraction of sp³-hybridized carbons (Fsp3) is 0.158. The molecule has 2 amide bonds. The van der Waals surface area contributed by atoms with Crippen molar-refractivity contribution in [1.82, 2.24) is 10.8 Å². The molecule has 0 radical (unpaired) electrons. The molecule has 0 aromatic heterocycles. The van der Waals surface area contributed by atoms with E-state index in [9.17, 15) is 22.8 Å². The molecule has 10 heteroatoms. The number of nitrogens with one attached hydrogen (secondary N) is 2. The summed E-state index contributed by atoms with van der Waals surface area (Å²) in [4.78, 5) is 22.7. The highest BCUT2D eigenvalue weighted by atomic mass is 19.4. The Morgan fingerprint density at radius 3 is 2.21 bits per heavy atom. The maximum atomic E-state index is 12.1. The van der Waals surface area contributed by atoms with Crippen molar-refractivity contribution in [3.8, 4) is 11.5 Å². The van der Waals surface area contributed by atoms with Gasteiger partial charge in [-0.15, -0.1) is 13.2 Å². The second kappa shape index (κ2) is 10.1. The average Bonchev–Trinajstić information content (AvgIpc) is 2.69. The number of ether oxygens (including phenoxy) is 2. The largest absolute Gasteiger partial charge is 0.573 e. The van der Waals surface area contributed by atoms with Gasteiger partial charge >= 0.3 is 6.36 Å². The van der Waals surface area contributed by atoms with E-state index >= 15 is 0 Å². The Bertz CT molecular complexity index is 850. The van der Waals surface area contributed by atoms with Crippen LogP contribution >= 0.6 is 0 Å². The third-order valence-corrected chi connectivity index (χ3v) is 3.43. The average molecular weight is 410 g/mol. The Labute approximate surface area is 163 Å². The molecule has 0 unspecified atom stereocenters. The molecule has 3 N–H and O–H groups in total. The molecule has 0 aliphatic carbocycles. The molecule has 0 heterocycles. The van der Waals surface area contributed by atoms with E-state index in [0.29, 0.717) is 16.9 Å². The van der Waals surface area contributed by atoms with Crippen LogP contribution in [0.1, 0.15) is 11.1 Å². The fourth-order valence-corrected chi connectivity index (χ4v) is 2.09. The number of hydroxylamine groups is 1. The molecule has 0 saturated carbocycles. The molecular formula is C19H17F3N2O5. The van der Waals surface area contributed by atoms with Gasteiger partial charge in [0.05, 0.1) is 0 Å². The molecule has 29 heavy (non-hydrogen) atoms. The van der Waals surface area contributed by atoms with Crippen LogP contribution in [0.15, 0.2) is 54.6 Å². The first-order valence-electron chi connectivity index (χ1n) is 8.21. The van der Waals surface area contributed by atoms with Gasteiger partial charge in [-0.1, -0.05) is 24.3 Å². The van der Waals surface area contributed by atoms with Gasteiger partial charge in [-0.3, -0.25) is 14.8 Å². The number of halogens is 3. The Balaban J connectivity index is 1.75. The first-order chi connectivity index (χ1) is 13.7. The molecule has 0 aliphatic rings. The highest BCUT2D eigenvalue weighted by Crippen LogP contribution is 2.22. The summed E-state index contributed by atoms with van der Waals surface area (Å²) in [6, 6.07) is 11.6. The molecule has 0 atom stereocenters. The summed E-state index contributed by atoms with van der Waals surface area (Å²) in [6.45, 7) is -0.136. The maximum absolute atomic E-state index is 12.1. The molecular weight excluding hydrogens is 393 g/mol. The smallest absolute Gasteiger partial charge is 0.484 e. The lowest BCUT2D eigenvalue weighted by atomic mass is 10.2. The van der Waals surface area contributed by atoms with E-state index in [4.69, 9.17) is 9.94 Å². The van der Waals surface area contributed by atoms with Gasteiger partial charge in [0, 0.05) is 12.6 Å². The minimum absolute atomic E-state index is 0.116. The van der Waals surface area contributed by atoms with Crippen molar-refractivity contribution < 1.29 is 37.4 Å². The molecule has 2 aromatic carbocycles. The monoisotopic (exact) mass is 410 g/mol. The first kappa shape index (κ1) is 21.8. The van der Waals surface area contributed by atoms with E-state index in [0.717, 1.165) is 18.2 Å². The number of carbonyl (C=O) groups is 2. The predicted octanol–water partition coefficient (Wildman–Crippen LogP) is 2.80. The van der Waals surface area contributed by atoms with Crippen molar-refractivity contribution in [2.75, 3.05) is 6.61 Å². The van der Waals surface area contributed by atoms with Crippen molar-refractivity contribution >= 4 is 17.9 Å². The summed E-state index contributed by atoms with van der Waals surface area (Å²) in [5.41, 5.74) is 2.75. The van der Waals surface area contributed by atoms with Gasteiger partial charge in [-0.2, -0.15) is 0 Å². The Kier molecular flexibility index (Phi) is 7.61. The highest BCUT2D eigenvalue weighted by Gasteiger charge is 2.30. The van der Waals surface area contributed by atoms with Crippen LogP contribution in [-0.2, 0) is 16.1 Å². The van der Waals surface area contributed by atoms with Gasteiger partial charge < -0.3 is 14.8 Å². The molecule has 0 aliphatic heterocycles. The molecule has 0 spiro atoms. The summed E-state index contributed by atoms with van der Waals surface area (Å²) in [5, 5.41) is 11.0. The van der Waals surface area contributed by atoms with Gasteiger partial charge in [0.15, 0.2) is 6.61 Å². The maximum Gasteiger partial charge on any atom is 0.573 e. The number of carbonyl (C=O) groups excluding carboxylic acids is 2. The zero-order valence-corrected chi connectivity index (χ0v) is 14.9. The van der Waals surface area contributed by atoms with E-state index in [1.807, 2.05) is 0 Å². The first-order valence-corrected chi connectivity index (χ1v) is 8.21. The van der Waals surface area contributed by atoms with Crippen LogP contribution in [0.3, 0.4) is 0 Å². The van der Waals surface area contributed by atoms with E-state index in [1.165, 1.54) is 23.7 Å². The number of alkyl halides is 3. The van der Waals surface area contributed by atoms with Gasteiger partial charge in [0.2, 0.25) is 0 Å². The Hall–Kier alpha value is -3.53. The van der Waals surface area contributed by atoms with Gasteiger partial charge in [-0.25, -0.2) is 5.48 Å². The number of hydrogen-bond acceptors (Lipinski definition) is 5. The van der Waals surface area contributed by atoms with Crippen LogP contribution in [0.4, 0.5) is 13.2 Å². The van der Waals surface area contributed by atoms with Crippen LogP contribution < -0.4 is 20.3 Å². The number of benzene rings is 2. The van der Waals surface area contributed by atoms with Crippen molar-refractivity contribution in [3.63, 3.8) is 0 Å². The standard InChI is InChI=1S/C19H17F3N2O5/c20-19(21,22)29-16-8-3-14(4-9-16)11-23-18(26)12-28-15-6-1-13(2-7-15)5-10-17(25)24-27/h1-10,27H,11-12H2,(H,23,26)(H,24,25)/b10-5+. The number of rotatable bonds is 8. The molecule has 7 nitrogen and oxygen atoms in total. The zero-order valence-electron chi connectivity index (χ0n) is 14.9. The lowest BCUT2D eigenvalue weighted by Crippen LogP contribution is -2.28. The minimum atomic E-state index is -4.75. The second-order valence-corrected chi connectivity index (χ2v) is 5.64. The third kappa shape index (κ3) is 8.35. The van der Waals surface area contributed by atoms with Gasteiger partial charge in [-0.05, 0) is 41.5 Å². The number of hydrogen-bond donors (Lipinski definition) is 3. The zero-order chi connectivity index (χ0) is 21.3. The van der Waals surface area contributed by atoms with E-state index in [-0.39, 0.29) is 18.9 Å². The second-order valence-electron chi connectivity index (χ2n) is 5.64. The molecule has 2 aromatic rings. The SMILES string of the molecule is O=C(/C=C/c1ccc(OCC(=O)NCc2ccc(OC(F)(F)F)cc2)cc1)NO. The Morgan fingerprint density at radius 2 is 1.62 bits per heavy atom. The number of amides is 2. The lowest BCUT2D eigenvalue weighted by Gasteiger charge is -2.10. The van der Waals surface area contributed by atoms with Crippen molar-refractivity contribution in [2.24, 2.45) is 0 Å². The lowest BCUT2D eigenvalue weighted by molar-refractivity contribution is -0.274. The molecule has 0 saturated heterocycles. The topological polar surface area (TPSA) is 96.9 Å². The van der Waals surface area contributed by atoms with Crippen molar-refractivity contribution in [3.05, 3.63) is 65.7 Å². The van der Waals surface area contributed by atoms with Gasteiger partial charge in [0.1, 0.15) is 11.5 Å². The third-order valence-electron chi connectivity index (χ3n) is 3.43. The van der Waals surface area contributed by atoms with Crippen LogP contribution in [0.25, 0.3) is 6.08 Å². The Morgan fingerprint density at radius 1 is 1.00 bits per heavy atom. The van der Waals surface area contributed by atoms with Crippen LogP contribution in [0.5, 0.6) is 11.5 Å². The van der Waals surface area contributed by atoms with Gasteiger partial charge in [0.25, 0.3) is 11.8 Å². The molecule has 0 bridgehead atoms. The summed E-state index contributed by atoms with van der Waals surface area (Å²) in [5.74, 6) is -0.988. The van der Waals surface area contributed by atoms with Crippen molar-refractivity contribution in [2.45, 2.75) is 12.9 Å². The van der Waals surface area contributed by atoms with Crippen LogP contribution in [0, 0.1) is 0 Å². The summed E-state index contributed by atoms with van der Waals surface area (Å²) in [6.07, 6.45) is -2.13. The molecule has 154 valence electrons. The summed E-state index contributed by atoms with van der Waals surface area (Å²) < 4.78 is 45.4. The molecule has 0 fully saturated rings. The van der Waals surface area contributed by atoms with Crippen LogP contribution in [-0.4, -0.2) is 30.0 Å². The van der Waals surface area contributed by atoms with E-state index in [1.54, 1.807) is 24.3 Å². The van der Waals surface area contributed by atoms with E-state index in [2.05, 4.69) is 10.1 Å². The highest BCUT2D eigenvalue weighted by molar-refractivity contribution is 5.90. The fourth-order valence-electron chi connectivity index (χ4n) is 2.09. The minimum Gasteiger partial charge on any atom is -0.484 e.